The van der Waals surface area contributed by atoms with E-state index in [4.69, 9.17) is 23.8 Å². The van der Waals surface area contributed by atoms with Crippen LogP contribution in [0.4, 0.5) is 0 Å². The van der Waals surface area contributed by atoms with E-state index in [9.17, 15) is 0 Å². The molecule has 0 bridgehead atoms. The molecule has 11 aromatic rings. The Balaban J connectivity index is 1.23. The molecule has 0 aliphatic carbocycles. The Morgan fingerprint density at radius 1 is 0.346 bits per heavy atom. The first-order valence-corrected chi connectivity index (χ1v) is 17.4. The molecule has 8 aromatic carbocycles. The lowest BCUT2D eigenvalue weighted by molar-refractivity contribution is 0.668. The van der Waals surface area contributed by atoms with E-state index in [-0.39, 0.29) is 0 Å². The van der Waals surface area contributed by atoms with Gasteiger partial charge >= 0.3 is 0 Å². The van der Waals surface area contributed by atoms with Crippen molar-refractivity contribution < 1.29 is 8.83 Å². The van der Waals surface area contributed by atoms with E-state index in [1.807, 2.05) is 72.8 Å². The maximum Gasteiger partial charge on any atom is 0.165 e. The molecule has 11 rings (SSSR count). The van der Waals surface area contributed by atoms with Crippen molar-refractivity contribution in [2.24, 2.45) is 0 Å². The van der Waals surface area contributed by atoms with Crippen LogP contribution in [-0.4, -0.2) is 15.0 Å². The molecular formula is C47H27N3O2. The van der Waals surface area contributed by atoms with Crippen molar-refractivity contribution in [1.29, 1.82) is 0 Å². The third-order valence-corrected chi connectivity index (χ3v) is 10.1. The zero-order valence-electron chi connectivity index (χ0n) is 27.7. The topological polar surface area (TPSA) is 65.0 Å². The van der Waals surface area contributed by atoms with Crippen molar-refractivity contribution in [3.8, 4) is 45.3 Å². The molecule has 5 nitrogen and oxygen atoms in total. The van der Waals surface area contributed by atoms with Gasteiger partial charge in [-0.3, -0.25) is 0 Å². The smallest absolute Gasteiger partial charge is 0.165 e. The van der Waals surface area contributed by atoms with Gasteiger partial charge in [-0.15, -0.1) is 0 Å². The highest BCUT2D eigenvalue weighted by Gasteiger charge is 2.24. The first-order valence-electron chi connectivity index (χ1n) is 17.4. The number of rotatable bonds is 4. The molecule has 3 heterocycles. The number of hydrogen-bond acceptors (Lipinski definition) is 5. The summed E-state index contributed by atoms with van der Waals surface area (Å²) in [5.41, 5.74) is 7.81. The minimum atomic E-state index is 0.558. The van der Waals surface area contributed by atoms with Gasteiger partial charge in [0.1, 0.15) is 22.3 Å². The normalized spacial score (nSPS) is 11.8. The van der Waals surface area contributed by atoms with Crippen LogP contribution in [0.25, 0.3) is 111 Å². The van der Waals surface area contributed by atoms with E-state index in [1.165, 1.54) is 16.2 Å². The molecular weight excluding hydrogens is 639 g/mol. The number of aromatic nitrogens is 3. The molecule has 0 aliphatic rings. The third-order valence-electron chi connectivity index (χ3n) is 10.1. The second-order valence-electron chi connectivity index (χ2n) is 13.1. The van der Waals surface area contributed by atoms with Crippen LogP contribution in [-0.2, 0) is 0 Å². The molecule has 3 aromatic heterocycles. The van der Waals surface area contributed by atoms with Gasteiger partial charge in [-0.1, -0.05) is 133 Å². The Bertz CT molecular complexity index is 3190. The minimum absolute atomic E-state index is 0.558. The molecule has 0 amide bonds. The standard InChI is InChI=1S/C47H27N3O2/c1-2-12-29(13-3-1)45-48-46(31-23-24-33-30(27-31)22-21-28-11-4-5-14-32(28)33)50-47(49-45)43-35(25-26-41-42(43)38-16-7-9-20-40(38)51-41)37-18-10-17-36-34-15-6-8-19-39(34)52-44(36)37/h1-27H. The highest BCUT2D eigenvalue weighted by atomic mass is 16.3. The number of para-hydroxylation sites is 3. The van der Waals surface area contributed by atoms with Crippen LogP contribution in [0.5, 0.6) is 0 Å². The fraction of sp³-hybridized carbons (Fsp3) is 0. The largest absolute Gasteiger partial charge is 0.456 e. The number of furan rings is 2. The summed E-state index contributed by atoms with van der Waals surface area (Å²) >= 11 is 0. The predicted octanol–water partition coefficient (Wildman–Crippen LogP) is 12.6. The fourth-order valence-electron chi connectivity index (χ4n) is 7.72. The Kier molecular flexibility index (Phi) is 6.18. The summed E-state index contributed by atoms with van der Waals surface area (Å²) in [6, 6.07) is 56.2. The average Bonchev–Trinajstić information content (AvgIpc) is 3.79. The maximum atomic E-state index is 6.59. The molecule has 242 valence electrons. The fourth-order valence-corrected chi connectivity index (χ4v) is 7.72. The second kappa shape index (κ2) is 11.2. The van der Waals surface area contributed by atoms with Crippen molar-refractivity contribution in [2.75, 3.05) is 0 Å². The summed E-state index contributed by atoms with van der Waals surface area (Å²) in [7, 11) is 0. The number of benzene rings is 8. The molecule has 0 N–H and O–H groups in total. The molecule has 52 heavy (non-hydrogen) atoms. The van der Waals surface area contributed by atoms with E-state index < -0.39 is 0 Å². The van der Waals surface area contributed by atoms with Crippen LogP contribution in [0.1, 0.15) is 0 Å². The Morgan fingerprint density at radius 2 is 1.00 bits per heavy atom. The quantitative estimate of drug-likeness (QED) is 0.175. The average molecular weight is 666 g/mol. The zero-order valence-corrected chi connectivity index (χ0v) is 27.7. The highest BCUT2D eigenvalue weighted by molar-refractivity contribution is 6.18. The minimum Gasteiger partial charge on any atom is -0.456 e. The lowest BCUT2D eigenvalue weighted by Crippen LogP contribution is -2.01. The predicted molar refractivity (Wildman–Crippen MR) is 211 cm³/mol. The molecule has 0 saturated carbocycles. The maximum absolute atomic E-state index is 6.59. The van der Waals surface area contributed by atoms with E-state index in [2.05, 4.69) is 91.0 Å². The van der Waals surface area contributed by atoms with E-state index in [1.54, 1.807) is 0 Å². The summed E-state index contributed by atoms with van der Waals surface area (Å²) in [6.45, 7) is 0. The van der Waals surface area contributed by atoms with Crippen molar-refractivity contribution >= 4 is 65.4 Å². The lowest BCUT2D eigenvalue weighted by atomic mass is 9.93. The molecule has 5 heteroatoms. The summed E-state index contributed by atoms with van der Waals surface area (Å²) in [5.74, 6) is 1.75. The number of nitrogens with zero attached hydrogens (tertiary/aromatic N) is 3. The van der Waals surface area contributed by atoms with Crippen LogP contribution in [0.2, 0.25) is 0 Å². The molecule has 0 saturated heterocycles. The van der Waals surface area contributed by atoms with Gasteiger partial charge in [-0.25, -0.2) is 15.0 Å². The molecule has 0 spiro atoms. The van der Waals surface area contributed by atoms with E-state index >= 15 is 0 Å². The Hall–Kier alpha value is -7.11. The van der Waals surface area contributed by atoms with Crippen LogP contribution in [0.15, 0.2) is 173 Å². The van der Waals surface area contributed by atoms with Crippen molar-refractivity contribution in [3.05, 3.63) is 164 Å². The van der Waals surface area contributed by atoms with E-state index in [0.717, 1.165) is 77.1 Å². The van der Waals surface area contributed by atoms with Gasteiger partial charge in [0.05, 0.1) is 0 Å². The molecule has 0 aliphatic heterocycles. The van der Waals surface area contributed by atoms with Crippen LogP contribution < -0.4 is 0 Å². The molecule has 0 fully saturated rings. The van der Waals surface area contributed by atoms with Gasteiger partial charge in [0.15, 0.2) is 17.5 Å². The molecule has 0 radical (unpaired) electrons. The summed E-state index contributed by atoms with van der Waals surface area (Å²) in [4.78, 5) is 15.7. The lowest BCUT2D eigenvalue weighted by Gasteiger charge is -2.14. The van der Waals surface area contributed by atoms with Crippen LogP contribution >= 0.6 is 0 Å². The molecule has 0 atom stereocenters. The third kappa shape index (κ3) is 4.39. The number of fused-ring (bicyclic) bond motifs is 9. The zero-order chi connectivity index (χ0) is 34.2. The summed E-state index contributed by atoms with van der Waals surface area (Å²) < 4.78 is 13.1. The van der Waals surface area contributed by atoms with Gasteiger partial charge in [0.2, 0.25) is 0 Å². The Labute approximate surface area is 297 Å². The molecule has 0 unspecified atom stereocenters. The van der Waals surface area contributed by atoms with Gasteiger partial charge in [0, 0.05) is 43.8 Å². The van der Waals surface area contributed by atoms with Crippen molar-refractivity contribution in [1.82, 2.24) is 15.0 Å². The van der Waals surface area contributed by atoms with Gasteiger partial charge in [-0.2, -0.15) is 0 Å². The van der Waals surface area contributed by atoms with Gasteiger partial charge in [0.25, 0.3) is 0 Å². The summed E-state index contributed by atoms with van der Waals surface area (Å²) in [5, 5.41) is 8.82. The Morgan fingerprint density at radius 3 is 1.87 bits per heavy atom. The highest BCUT2D eigenvalue weighted by Crippen LogP contribution is 2.45. The SMILES string of the molecule is c1ccc(-c2nc(-c3ccc4c(ccc5ccccc54)c3)nc(-c3c(-c4cccc5c4oc4ccccc45)ccc4oc5ccccc5c34)n2)cc1. The van der Waals surface area contributed by atoms with Crippen LogP contribution in [0, 0.1) is 0 Å². The van der Waals surface area contributed by atoms with Crippen molar-refractivity contribution in [3.63, 3.8) is 0 Å². The second-order valence-corrected chi connectivity index (χ2v) is 13.1. The van der Waals surface area contributed by atoms with Crippen LogP contribution in [0.3, 0.4) is 0 Å². The van der Waals surface area contributed by atoms with E-state index in [0.29, 0.717) is 17.5 Å². The first-order chi connectivity index (χ1) is 25.8. The monoisotopic (exact) mass is 665 g/mol. The van der Waals surface area contributed by atoms with Gasteiger partial charge < -0.3 is 8.83 Å². The van der Waals surface area contributed by atoms with Crippen molar-refractivity contribution in [2.45, 2.75) is 0 Å². The number of hydrogen-bond donors (Lipinski definition) is 0. The van der Waals surface area contributed by atoms with Gasteiger partial charge in [-0.05, 0) is 57.4 Å². The summed E-state index contributed by atoms with van der Waals surface area (Å²) in [6.07, 6.45) is 0. The first kappa shape index (κ1) is 28.7.